The summed E-state index contributed by atoms with van der Waals surface area (Å²) in [5.74, 6) is -0.0200. The summed E-state index contributed by atoms with van der Waals surface area (Å²) >= 11 is 0. The Labute approximate surface area is 218 Å². The number of para-hydroxylation sites is 1. The second-order valence-electron chi connectivity index (χ2n) is 7.77. The van der Waals surface area contributed by atoms with Crippen LogP contribution < -0.4 is 18.9 Å². The van der Waals surface area contributed by atoms with E-state index in [1.54, 1.807) is 36.4 Å². The summed E-state index contributed by atoms with van der Waals surface area (Å²) < 4.78 is 65.4. The van der Waals surface area contributed by atoms with Crippen molar-refractivity contribution in [2.75, 3.05) is 38.9 Å². The molecule has 0 aliphatic carbocycles. The molecule has 0 saturated carbocycles. The number of rotatable bonds is 11. The highest BCUT2D eigenvalue weighted by molar-refractivity contribution is 7.92. The minimum Gasteiger partial charge on any atom is -0.494 e. The Balaban J connectivity index is 1.81. The predicted molar refractivity (Wildman–Crippen MR) is 136 cm³/mol. The summed E-state index contributed by atoms with van der Waals surface area (Å²) in [5, 5.41) is 8.31. The van der Waals surface area contributed by atoms with E-state index in [9.17, 15) is 12.8 Å². The Kier molecular flexibility index (Phi) is 8.02. The van der Waals surface area contributed by atoms with E-state index < -0.39 is 27.7 Å². The molecule has 0 spiro atoms. The lowest BCUT2D eigenvalue weighted by atomic mass is 10.2. The molecule has 4 aromatic rings. The first-order valence-electron chi connectivity index (χ1n) is 11.1. The topological polar surface area (TPSA) is 140 Å². The number of anilines is 1. The van der Waals surface area contributed by atoms with Gasteiger partial charge in [0.15, 0.2) is 5.82 Å². The summed E-state index contributed by atoms with van der Waals surface area (Å²) in [6, 6.07) is 12.6. The maximum Gasteiger partial charge on any atom is 0.243 e. The third-order valence-electron chi connectivity index (χ3n) is 5.43. The third-order valence-corrected chi connectivity index (χ3v) is 6.67. The van der Waals surface area contributed by atoms with Crippen molar-refractivity contribution in [2.24, 2.45) is 0 Å². The SMILES string of the molecule is COc1cccc(-c2nnc(NS(=O)(=O)C[C@H](OC)c3ccc(F)cn3)n2-c2c(OC)cccc2OC)n1. The summed E-state index contributed by atoms with van der Waals surface area (Å²) in [6.07, 6.45) is 0.00384. The molecular weight excluding hydrogens is 519 g/mol. The number of halogens is 1. The van der Waals surface area contributed by atoms with E-state index in [-0.39, 0.29) is 17.5 Å². The van der Waals surface area contributed by atoms with E-state index in [4.69, 9.17) is 18.9 Å². The monoisotopic (exact) mass is 544 g/mol. The summed E-state index contributed by atoms with van der Waals surface area (Å²) in [4.78, 5) is 8.35. The van der Waals surface area contributed by atoms with Gasteiger partial charge in [-0.3, -0.25) is 14.3 Å². The number of ether oxygens (including phenoxy) is 4. The van der Waals surface area contributed by atoms with Crippen LogP contribution in [0.15, 0.2) is 54.7 Å². The molecule has 1 N–H and O–H groups in total. The van der Waals surface area contributed by atoms with Gasteiger partial charge in [-0.25, -0.2) is 17.8 Å². The molecule has 0 saturated heterocycles. The fraction of sp³-hybridized carbons (Fsp3) is 0.250. The molecule has 12 nitrogen and oxygen atoms in total. The molecule has 0 aliphatic rings. The Hall–Kier alpha value is -4.30. The maximum atomic E-state index is 13.3. The number of hydrogen-bond acceptors (Lipinski definition) is 10. The van der Waals surface area contributed by atoms with Crippen LogP contribution in [0.4, 0.5) is 10.3 Å². The zero-order valence-corrected chi connectivity index (χ0v) is 21.8. The molecule has 38 heavy (non-hydrogen) atoms. The van der Waals surface area contributed by atoms with Crippen LogP contribution >= 0.6 is 0 Å². The summed E-state index contributed by atoms with van der Waals surface area (Å²) in [7, 11) is 1.63. The highest BCUT2D eigenvalue weighted by atomic mass is 32.2. The van der Waals surface area contributed by atoms with Crippen molar-refractivity contribution >= 4 is 16.0 Å². The number of aromatic nitrogens is 5. The third kappa shape index (κ3) is 5.65. The smallest absolute Gasteiger partial charge is 0.243 e. The molecule has 3 aromatic heterocycles. The van der Waals surface area contributed by atoms with Gasteiger partial charge in [-0.2, -0.15) is 0 Å². The van der Waals surface area contributed by atoms with Gasteiger partial charge in [0.25, 0.3) is 0 Å². The Morgan fingerprint density at radius 2 is 1.66 bits per heavy atom. The molecule has 14 heteroatoms. The Bertz CT molecular complexity index is 1490. The number of nitrogens with one attached hydrogen (secondary N) is 1. The second-order valence-corrected chi connectivity index (χ2v) is 9.54. The highest BCUT2D eigenvalue weighted by Gasteiger charge is 2.28. The first-order chi connectivity index (χ1) is 18.3. The molecule has 1 atom stereocenters. The first kappa shape index (κ1) is 26.8. The lowest BCUT2D eigenvalue weighted by Gasteiger charge is -2.19. The van der Waals surface area contributed by atoms with E-state index in [0.717, 1.165) is 6.20 Å². The van der Waals surface area contributed by atoms with Gasteiger partial charge in [0.1, 0.15) is 40.6 Å². The molecule has 0 bridgehead atoms. The van der Waals surface area contributed by atoms with Crippen LogP contribution in [0.3, 0.4) is 0 Å². The van der Waals surface area contributed by atoms with Crippen molar-refractivity contribution in [1.82, 2.24) is 24.7 Å². The van der Waals surface area contributed by atoms with Crippen LogP contribution in [0.25, 0.3) is 17.2 Å². The second kappa shape index (κ2) is 11.4. The lowest BCUT2D eigenvalue weighted by molar-refractivity contribution is 0.118. The highest BCUT2D eigenvalue weighted by Crippen LogP contribution is 2.37. The van der Waals surface area contributed by atoms with E-state index in [2.05, 4.69) is 24.9 Å². The normalized spacial score (nSPS) is 12.1. The van der Waals surface area contributed by atoms with E-state index >= 15 is 0 Å². The Morgan fingerprint density at radius 3 is 2.26 bits per heavy atom. The molecule has 0 radical (unpaired) electrons. The zero-order valence-electron chi connectivity index (χ0n) is 21.0. The predicted octanol–water partition coefficient (Wildman–Crippen LogP) is 3.02. The van der Waals surface area contributed by atoms with Crippen molar-refractivity contribution in [3.05, 3.63) is 66.2 Å². The van der Waals surface area contributed by atoms with Crippen LogP contribution in [0, 0.1) is 5.82 Å². The summed E-state index contributed by atoms with van der Waals surface area (Å²) in [5.41, 5.74) is 0.928. The van der Waals surface area contributed by atoms with Crippen molar-refractivity contribution in [3.8, 4) is 34.6 Å². The number of hydrogen-bond donors (Lipinski definition) is 1. The van der Waals surface area contributed by atoms with Crippen LogP contribution in [-0.2, 0) is 14.8 Å². The van der Waals surface area contributed by atoms with Gasteiger partial charge in [-0.1, -0.05) is 12.1 Å². The largest absolute Gasteiger partial charge is 0.494 e. The molecular formula is C24H25FN6O6S. The molecule has 4 rings (SSSR count). The fourth-order valence-corrected chi connectivity index (χ4v) is 4.86. The molecule has 200 valence electrons. The standard InChI is InChI=1S/C24H25FN6O6S/c1-34-18-8-6-9-19(35-2)22(18)31-23(17-7-5-10-21(27-17)37-4)28-29-24(31)30-38(32,33)14-20(36-3)16-12-11-15(25)13-26-16/h5-13,20H,14H2,1-4H3,(H,29,30)/t20-/m0/s1. The molecule has 0 fully saturated rings. The lowest BCUT2D eigenvalue weighted by Crippen LogP contribution is -2.25. The van der Waals surface area contributed by atoms with Crippen LogP contribution in [-0.4, -0.2) is 67.3 Å². The Morgan fingerprint density at radius 1 is 0.947 bits per heavy atom. The van der Waals surface area contributed by atoms with Gasteiger partial charge in [0.05, 0.1) is 33.2 Å². The molecule has 0 aliphatic heterocycles. The van der Waals surface area contributed by atoms with Gasteiger partial charge in [0.2, 0.25) is 21.9 Å². The van der Waals surface area contributed by atoms with E-state index in [0.29, 0.717) is 28.8 Å². The van der Waals surface area contributed by atoms with Gasteiger partial charge < -0.3 is 18.9 Å². The molecule has 3 heterocycles. The first-order valence-corrected chi connectivity index (χ1v) is 12.8. The number of pyridine rings is 2. The molecule has 1 aromatic carbocycles. The summed E-state index contributed by atoms with van der Waals surface area (Å²) in [6.45, 7) is 0. The van der Waals surface area contributed by atoms with Crippen molar-refractivity contribution < 1.29 is 31.8 Å². The average Bonchev–Trinajstić information content (AvgIpc) is 3.33. The van der Waals surface area contributed by atoms with Crippen molar-refractivity contribution in [1.29, 1.82) is 0 Å². The van der Waals surface area contributed by atoms with Crippen LogP contribution in [0.2, 0.25) is 0 Å². The number of benzene rings is 1. The van der Waals surface area contributed by atoms with E-state index in [1.165, 1.54) is 45.1 Å². The van der Waals surface area contributed by atoms with Gasteiger partial charge in [-0.15, -0.1) is 10.2 Å². The zero-order chi connectivity index (χ0) is 27.3. The van der Waals surface area contributed by atoms with Crippen molar-refractivity contribution in [3.63, 3.8) is 0 Å². The average molecular weight is 545 g/mol. The minimum atomic E-state index is -4.11. The maximum absolute atomic E-state index is 13.3. The van der Waals surface area contributed by atoms with Crippen molar-refractivity contribution in [2.45, 2.75) is 6.10 Å². The van der Waals surface area contributed by atoms with Crippen LogP contribution in [0.5, 0.6) is 17.4 Å². The number of sulfonamides is 1. The quantitative estimate of drug-likeness (QED) is 0.300. The fourth-order valence-electron chi connectivity index (χ4n) is 3.67. The number of nitrogens with zero attached hydrogens (tertiary/aromatic N) is 5. The van der Waals surface area contributed by atoms with Gasteiger partial charge >= 0.3 is 0 Å². The van der Waals surface area contributed by atoms with Gasteiger partial charge in [-0.05, 0) is 30.3 Å². The van der Waals surface area contributed by atoms with Gasteiger partial charge in [0, 0.05) is 13.2 Å². The molecule has 0 amide bonds. The number of methoxy groups -OCH3 is 4. The van der Waals surface area contributed by atoms with Crippen LogP contribution in [0.1, 0.15) is 11.8 Å². The minimum absolute atomic E-state index is 0.158. The molecule has 0 unspecified atom stereocenters. The van der Waals surface area contributed by atoms with E-state index in [1.807, 2.05) is 0 Å².